The zero-order valence-corrected chi connectivity index (χ0v) is 16.4. The highest BCUT2D eigenvalue weighted by atomic mass is 19.1. The lowest BCUT2D eigenvalue weighted by molar-refractivity contribution is -0.128. The van der Waals surface area contributed by atoms with Gasteiger partial charge in [0.05, 0.1) is 24.4 Å². The van der Waals surface area contributed by atoms with E-state index in [0.29, 0.717) is 18.1 Å². The Kier molecular flexibility index (Phi) is 5.44. The summed E-state index contributed by atoms with van der Waals surface area (Å²) in [6, 6.07) is 4.08. The summed E-state index contributed by atoms with van der Waals surface area (Å²) in [5.41, 5.74) is 5.24. The van der Waals surface area contributed by atoms with Gasteiger partial charge in [0.1, 0.15) is 17.3 Å². The van der Waals surface area contributed by atoms with Crippen LogP contribution >= 0.6 is 0 Å². The largest absolute Gasteiger partial charge is 0.369 e. The summed E-state index contributed by atoms with van der Waals surface area (Å²) < 4.78 is 14.6. The van der Waals surface area contributed by atoms with Gasteiger partial charge in [-0.2, -0.15) is 0 Å². The molecule has 0 fully saturated rings. The lowest BCUT2D eigenvalue weighted by Crippen LogP contribution is -2.47. The molecule has 1 aromatic carbocycles. The molecule has 1 unspecified atom stereocenters. The fraction of sp³-hybridized carbons (Fsp3) is 0.316. The second kappa shape index (κ2) is 7.82. The number of rotatable bonds is 5. The van der Waals surface area contributed by atoms with E-state index in [-0.39, 0.29) is 29.5 Å². The molecular formula is C19H22FN7O2. The van der Waals surface area contributed by atoms with Crippen LogP contribution in [0.25, 0.3) is 0 Å². The van der Waals surface area contributed by atoms with Crippen LogP contribution in [0.15, 0.2) is 35.6 Å². The highest BCUT2D eigenvalue weighted by Crippen LogP contribution is 2.35. The first-order chi connectivity index (χ1) is 13.7. The number of hydrogen-bond acceptors (Lipinski definition) is 7. The van der Waals surface area contributed by atoms with E-state index in [1.165, 1.54) is 42.5 Å². The summed E-state index contributed by atoms with van der Waals surface area (Å²) in [4.78, 5) is 38.3. The molecule has 1 aliphatic heterocycles. The van der Waals surface area contributed by atoms with Crippen LogP contribution in [-0.4, -0.2) is 46.2 Å². The van der Waals surface area contributed by atoms with E-state index < -0.39 is 17.3 Å². The minimum Gasteiger partial charge on any atom is -0.369 e. The predicted octanol–water partition coefficient (Wildman–Crippen LogP) is 1.69. The summed E-state index contributed by atoms with van der Waals surface area (Å²) in [6.07, 6.45) is 2.76. The van der Waals surface area contributed by atoms with Gasteiger partial charge in [0.2, 0.25) is 5.91 Å². The van der Waals surface area contributed by atoms with Gasteiger partial charge in [-0.05, 0) is 32.0 Å². The van der Waals surface area contributed by atoms with Gasteiger partial charge in [-0.3, -0.25) is 14.5 Å². The molecule has 9 nitrogen and oxygen atoms in total. The Bertz CT molecular complexity index is 977. The second-order valence-corrected chi connectivity index (χ2v) is 6.84. The summed E-state index contributed by atoms with van der Waals surface area (Å²) >= 11 is 0. The summed E-state index contributed by atoms with van der Waals surface area (Å²) in [5, 5.41) is 5.65. The fourth-order valence-electron chi connectivity index (χ4n) is 2.99. The molecule has 152 valence electrons. The molecule has 2 aromatic rings. The number of halogens is 1. The van der Waals surface area contributed by atoms with E-state index in [1.54, 1.807) is 6.92 Å². The van der Waals surface area contributed by atoms with Crippen LogP contribution in [0, 0.1) is 5.82 Å². The fourth-order valence-corrected chi connectivity index (χ4v) is 2.99. The van der Waals surface area contributed by atoms with Gasteiger partial charge in [-0.1, -0.05) is 0 Å². The monoisotopic (exact) mass is 399 g/mol. The average molecular weight is 399 g/mol. The van der Waals surface area contributed by atoms with Crippen molar-refractivity contribution in [2.24, 2.45) is 10.7 Å². The smallest absolute Gasteiger partial charge is 0.275 e. The lowest BCUT2D eigenvalue weighted by Gasteiger charge is -2.34. The number of hydrogen-bond donors (Lipinski definition) is 3. The SMILES string of the molecule is CCNc1cnc(C(=O)Nc2ccc(F)c(C3(C)CC(=O)N(C)C(N)=N3)c2)cn1. The molecule has 0 aliphatic carbocycles. The van der Waals surface area contributed by atoms with Crippen molar-refractivity contribution in [1.82, 2.24) is 14.9 Å². The molecule has 3 rings (SSSR count). The Morgan fingerprint density at radius 2 is 2.10 bits per heavy atom. The molecule has 0 bridgehead atoms. The average Bonchev–Trinajstić information content (AvgIpc) is 2.68. The van der Waals surface area contributed by atoms with E-state index >= 15 is 0 Å². The Hall–Kier alpha value is -3.56. The van der Waals surface area contributed by atoms with Gasteiger partial charge < -0.3 is 16.4 Å². The molecule has 0 radical (unpaired) electrons. The molecule has 10 heteroatoms. The van der Waals surface area contributed by atoms with Gasteiger partial charge in [0.15, 0.2) is 5.96 Å². The maximum Gasteiger partial charge on any atom is 0.275 e. The molecule has 1 aromatic heterocycles. The molecule has 0 spiro atoms. The second-order valence-electron chi connectivity index (χ2n) is 6.84. The van der Waals surface area contributed by atoms with Crippen molar-refractivity contribution >= 4 is 29.3 Å². The first-order valence-electron chi connectivity index (χ1n) is 9.02. The van der Waals surface area contributed by atoms with Gasteiger partial charge in [0, 0.05) is 24.8 Å². The minimum absolute atomic E-state index is 0.00800. The maximum atomic E-state index is 14.6. The zero-order valence-electron chi connectivity index (χ0n) is 16.4. The van der Waals surface area contributed by atoms with E-state index in [2.05, 4.69) is 25.6 Å². The van der Waals surface area contributed by atoms with Crippen LogP contribution in [0.1, 0.15) is 36.3 Å². The number of guanidine groups is 1. The molecule has 2 amide bonds. The van der Waals surface area contributed by atoms with Gasteiger partial charge in [0.25, 0.3) is 5.91 Å². The quantitative estimate of drug-likeness (QED) is 0.703. The number of amides is 2. The molecule has 2 heterocycles. The molecule has 1 aliphatic rings. The first kappa shape index (κ1) is 20.2. The number of benzene rings is 1. The standard InChI is InChI=1S/C19H22FN7O2/c1-4-22-15-10-23-14(9-24-15)17(29)25-11-5-6-13(20)12(7-11)19(2)8-16(28)27(3)18(21)26-19/h5-7,9-10H,4,8H2,1-3H3,(H2,21,26)(H,22,24)(H,25,29). The van der Waals surface area contributed by atoms with Crippen molar-refractivity contribution < 1.29 is 14.0 Å². The molecule has 0 saturated carbocycles. The van der Waals surface area contributed by atoms with Crippen LogP contribution in [0.4, 0.5) is 15.9 Å². The van der Waals surface area contributed by atoms with Crippen molar-refractivity contribution in [1.29, 1.82) is 0 Å². The Morgan fingerprint density at radius 1 is 1.34 bits per heavy atom. The third-order valence-corrected chi connectivity index (χ3v) is 4.62. The molecule has 1 atom stereocenters. The summed E-state index contributed by atoms with van der Waals surface area (Å²) in [7, 11) is 1.51. The lowest BCUT2D eigenvalue weighted by atomic mass is 9.87. The summed E-state index contributed by atoms with van der Waals surface area (Å²) in [5.74, 6) is -0.748. The van der Waals surface area contributed by atoms with E-state index in [0.717, 1.165) is 0 Å². The highest BCUT2D eigenvalue weighted by molar-refractivity contribution is 6.03. The van der Waals surface area contributed by atoms with Gasteiger partial charge in [-0.15, -0.1) is 0 Å². The Labute approximate surface area is 167 Å². The zero-order chi connectivity index (χ0) is 21.2. The maximum absolute atomic E-state index is 14.6. The number of nitrogens with two attached hydrogens (primary N) is 1. The number of aliphatic imine (C=N–C) groups is 1. The van der Waals surface area contributed by atoms with Crippen LogP contribution in [-0.2, 0) is 10.3 Å². The van der Waals surface area contributed by atoms with Crippen LogP contribution in [0.3, 0.4) is 0 Å². The normalized spacial score (nSPS) is 19.0. The number of nitrogens with one attached hydrogen (secondary N) is 2. The molecular weight excluding hydrogens is 377 g/mol. The van der Waals surface area contributed by atoms with Crippen molar-refractivity contribution in [3.8, 4) is 0 Å². The van der Waals surface area contributed by atoms with Crippen LogP contribution in [0.2, 0.25) is 0 Å². The van der Waals surface area contributed by atoms with Gasteiger partial charge in [-0.25, -0.2) is 19.4 Å². The van der Waals surface area contributed by atoms with Crippen molar-refractivity contribution in [3.05, 3.63) is 47.7 Å². The van der Waals surface area contributed by atoms with E-state index in [9.17, 15) is 14.0 Å². The molecule has 29 heavy (non-hydrogen) atoms. The topological polar surface area (TPSA) is 126 Å². The van der Waals surface area contributed by atoms with Crippen LogP contribution < -0.4 is 16.4 Å². The summed E-state index contributed by atoms with van der Waals surface area (Å²) in [6.45, 7) is 4.23. The van der Waals surface area contributed by atoms with Gasteiger partial charge >= 0.3 is 0 Å². The molecule has 4 N–H and O–H groups in total. The van der Waals surface area contributed by atoms with Crippen molar-refractivity contribution in [2.75, 3.05) is 24.2 Å². The number of carbonyl (C=O) groups is 2. The number of aromatic nitrogens is 2. The number of carbonyl (C=O) groups excluding carboxylic acids is 2. The third-order valence-electron chi connectivity index (χ3n) is 4.62. The highest BCUT2D eigenvalue weighted by Gasteiger charge is 2.38. The molecule has 0 saturated heterocycles. The first-order valence-corrected chi connectivity index (χ1v) is 9.02. The number of anilines is 2. The Balaban J connectivity index is 1.86. The third kappa shape index (κ3) is 4.15. The van der Waals surface area contributed by atoms with E-state index in [1.807, 2.05) is 6.92 Å². The minimum atomic E-state index is -1.17. The van der Waals surface area contributed by atoms with E-state index in [4.69, 9.17) is 5.73 Å². The van der Waals surface area contributed by atoms with Crippen LogP contribution in [0.5, 0.6) is 0 Å². The Morgan fingerprint density at radius 3 is 2.72 bits per heavy atom. The van der Waals surface area contributed by atoms with Crippen molar-refractivity contribution in [2.45, 2.75) is 25.8 Å². The van der Waals surface area contributed by atoms with Crippen molar-refractivity contribution in [3.63, 3.8) is 0 Å². The predicted molar refractivity (Wildman–Crippen MR) is 107 cm³/mol. The number of nitrogens with zero attached hydrogens (tertiary/aromatic N) is 4.